The highest BCUT2D eigenvalue weighted by Gasteiger charge is 2.06. The first-order valence-electron chi connectivity index (χ1n) is 6.12. The van der Waals surface area contributed by atoms with Crippen molar-refractivity contribution in [2.45, 2.75) is 6.54 Å². The number of nitrogens with zero attached hydrogens (tertiary/aromatic N) is 1. The molecule has 2 aromatic rings. The van der Waals surface area contributed by atoms with Crippen molar-refractivity contribution >= 4 is 54.8 Å². The van der Waals surface area contributed by atoms with Crippen molar-refractivity contribution in [3.8, 4) is 0 Å². The van der Waals surface area contributed by atoms with Gasteiger partial charge >= 0.3 is 0 Å². The standard InChI is InChI=1S/C15H15Br2ClN2/c1-20(2)15-6-4-11(16)8-14(15)19-9-10-3-5-13(18)12(17)7-10/h3-8,19H,9H2,1-2H3. The topological polar surface area (TPSA) is 15.3 Å². The second-order valence-corrected chi connectivity index (χ2v) is 6.84. The van der Waals surface area contributed by atoms with Gasteiger partial charge in [0.15, 0.2) is 0 Å². The highest BCUT2D eigenvalue weighted by Crippen LogP contribution is 2.29. The highest BCUT2D eigenvalue weighted by atomic mass is 79.9. The normalized spacial score (nSPS) is 10.4. The Bertz CT molecular complexity index is 615. The van der Waals surface area contributed by atoms with Crippen LogP contribution in [0.4, 0.5) is 11.4 Å². The van der Waals surface area contributed by atoms with E-state index in [-0.39, 0.29) is 0 Å². The maximum absolute atomic E-state index is 6.01. The van der Waals surface area contributed by atoms with Gasteiger partial charge in [-0.25, -0.2) is 0 Å². The van der Waals surface area contributed by atoms with E-state index < -0.39 is 0 Å². The Hall–Kier alpha value is -0.710. The molecule has 0 aliphatic carbocycles. The van der Waals surface area contributed by atoms with Crippen LogP contribution in [0.3, 0.4) is 0 Å². The molecule has 0 heterocycles. The number of benzene rings is 2. The molecule has 0 spiro atoms. The zero-order valence-corrected chi connectivity index (χ0v) is 15.2. The van der Waals surface area contributed by atoms with Crippen molar-refractivity contribution in [3.05, 3.63) is 55.9 Å². The Kier molecular flexibility index (Phi) is 5.35. The second kappa shape index (κ2) is 6.83. The lowest BCUT2D eigenvalue weighted by molar-refractivity contribution is 1.10. The lowest BCUT2D eigenvalue weighted by atomic mass is 10.2. The summed E-state index contributed by atoms with van der Waals surface area (Å²) in [7, 11) is 4.07. The summed E-state index contributed by atoms with van der Waals surface area (Å²) in [5.74, 6) is 0. The van der Waals surface area contributed by atoms with Crippen LogP contribution in [0.15, 0.2) is 45.3 Å². The molecule has 0 fully saturated rings. The van der Waals surface area contributed by atoms with E-state index in [1.165, 1.54) is 5.56 Å². The molecule has 2 nitrogen and oxygen atoms in total. The maximum Gasteiger partial charge on any atom is 0.0597 e. The van der Waals surface area contributed by atoms with Gasteiger partial charge in [0.2, 0.25) is 0 Å². The van der Waals surface area contributed by atoms with E-state index in [0.29, 0.717) is 0 Å². The molecule has 0 amide bonds. The Morgan fingerprint density at radius 3 is 2.50 bits per heavy atom. The lowest BCUT2D eigenvalue weighted by Gasteiger charge is -2.19. The van der Waals surface area contributed by atoms with Crippen LogP contribution in [-0.2, 0) is 6.54 Å². The van der Waals surface area contributed by atoms with Gasteiger partial charge in [0.25, 0.3) is 0 Å². The first-order chi connectivity index (χ1) is 9.47. The molecule has 0 aliphatic heterocycles. The van der Waals surface area contributed by atoms with E-state index in [2.05, 4.69) is 54.2 Å². The molecule has 0 unspecified atom stereocenters. The molecule has 20 heavy (non-hydrogen) atoms. The van der Waals surface area contributed by atoms with Gasteiger partial charge in [-0.2, -0.15) is 0 Å². The third-order valence-electron chi connectivity index (χ3n) is 2.91. The van der Waals surface area contributed by atoms with Gasteiger partial charge in [-0.3, -0.25) is 0 Å². The predicted molar refractivity (Wildman–Crippen MR) is 94.9 cm³/mol. The van der Waals surface area contributed by atoms with Crippen LogP contribution in [0.1, 0.15) is 5.56 Å². The molecule has 2 rings (SSSR count). The summed E-state index contributed by atoms with van der Waals surface area (Å²) in [6.45, 7) is 0.743. The number of rotatable bonds is 4. The van der Waals surface area contributed by atoms with E-state index in [1.807, 2.05) is 38.4 Å². The first-order valence-corrected chi connectivity index (χ1v) is 8.08. The smallest absolute Gasteiger partial charge is 0.0597 e. The van der Waals surface area contributed by atoms with Gasteiger partial charge in [0.1, 0.15) is 0 Å². The molecule has 0 radical (unpaired) electrons. The van der Waals surface area contributed by atoms with Gasteiger partial charge < -0.3 is 10.2 Å². The summed E-state index contributed by atoms with van der Waals surface area (Å²) in [6.07, 6.45) is 0. The summed E-state index contributed by atoms with van der Waals surface area (Å²) in [4.78, 5) is 2.09. The van der Waals surface area contributed by atoms with Crippen LogP contribution in [0.5, 0.6) is 0 Å². The van der Waals surface area contributed by atoms with Gasteiger partial charge in [-0.1, -0.05) is 33.6 Å². The molecule has 0 saturated heterocycles. The van der Waals surface area contributed by atoms with Crippen LogP contribution in [0, 0.1) is 0 Å². The minimum Gasteiger partial charge on any atom is -0.379 e. The average Bonchev–Trinajstić information content (AvgIpc) is 2.40. The molecular formula is C15H15Br2ClN2. The minimum absolute atomic E-state index is 0.727. The summed E-state index contributed by atoms with van der Waals surface area (Å²) in [5, 5.41) is 4.19. The van der Waals surface area contributed by atoms with E-state index in [0.717, 1.165) is 31.9 Å². The minimum atomic E-state index is 0.727. The maximum atomic E-state index is 6.01. The molecule has 2 aromatic carbocycles. The third-order valence-corrected chi connectivity index (χ3v) is 4.61. The zero-order valence-electron chi connectivity index (χ0n) is 11.3. The molecule has 5 heteroatoms. The van der Waals surface area contributed by atoms with Crippen molar-refractivity contribution in [3.63, 3.8) is 0 Å². The van der Waals surface area contributed by atoms with Crippen LogP contribution >= 0.6 is 43.5 Å². The Balaban J connectivity index is 2.17. The van der Waals surface area contributed by atoms with Crippen LogP contribution < -0.4 is 10.2 Å². The number of hydrogen-bond donors (Lipinski definition) is 1. The summed E-state index contributed by atoms with van der Waals surface area (Å²) in [5.41, 5.74) is 3.42. The molecule has 0 saturated carbocycles. The monoisotopic (exact) mass is 416 g/mol. The Labute approximate surface area is 141 Å². The molecule has 1 N–H and O–H groups in total. The van der Waals surface area contributed by atoms with Gasteiger partial charge in [-0.15, -0.1) is 0 Å². The number of halogens is 3. The summed E-state index contributed by atoms with van der Waals surface area (Å²) >= 11 is 13.0. The molecule has 0 bridgehead atoms. The van der Waals surface area contributed by atoms with Crippen LogP contribution in [0.2, 0.25) is 5.02 Å². The van der Waals surface area contributed by atoms with E-state index in [1.54, 1.807) is 0 Å². The van der Waals surface area contributed by atoms with Crippen LogP contribution in [0.25, 0.3) is 0 Å². The third kappa shape index (κ3) is 3.90. The number of anilines is 2. The van der Waals surface area contributed by atoms with Gasteiger partial charge in [-0.05, 0) is 51.8 Å². The molecule has 0 aromatic heterocycles. The molecule has 106 valence electrons. The molecular weight excluding hydrogens is 403 g/mol. The Morgan fingerprint density at radius 1 is 1.10 bits per heavy atom. The van der Waals surface area contributed by atoms with E-state index >= 15 is 0 Å². The average molecular weight is 419 g/mol. The molecule has 0 aliphatic rings. The summed E-state index contributed by atoms with van der Waals surface area (Å²) < 4.78 is 1.98. The largest absolute Gasteiger partial charge is 0.379 e. The fourth-order valence-electron chi connectivity index (χ4n) is 1.89. The van der Waals surface area contributed by atoms with Crippen molar-refractivity contribution in [1.82, 2.24) is 0 Å². The number of hydrogen-bond acceptors (Lipinski definition) is 2. The molecule has 0 atom stereocenters. The number of nitrogens with one attached hydrogen (secondary N) is 1. The zero-order chi connectivity index (χ0) is 14.7. The van der Waals surface area contributed by atoms with E-state index in [4.69, 9.17) is 11.6 Å². The van der Waals surface area contributed by atoms with Crippen molar-refractivity contribution in [2.75, 3.05) is 24.3 Å². The van der Waals surface area contributed by atoms with Gasteiger partial charge in [0.05, 0.1) is 16.4 Å². The Morgan fingerprint density at radius 2 is 1.85 bits per heavy atom. The highest BCUT2D eigenvalue weighted by molar-refractivity contribution is 9.10. The van der Waals surface area contributed by atoms with E-state index in [9.17, 15) is 0 Å². The van der Waals surface area contributed by atoms with Crippen molar-refractivity contribution in [1.29, 1.82) is 0 Å². The van der Waals surface area contributed by atoms with Crippen LogP contribution in [-0.4, -0.2) is 14.1 Å². The second-order valence-electron chi connectivity index (χ2n) is 4.66. The van der Waals surface area contributed by atoms with Gasteiger partial charge in [0, 0.05) is 29.6 Å². The fraction of sp³-hybridized carbons (Fsp3) is 0.200. The first kappa shape index (κ1) is 15.7. The summed E-state index contributed by atoms with van der Waals surface area (Å²) in [6, 6.07) is 12.2. The fourth-order valence-corrected chi connectivity index (χ4v) is 2.79. The quantitative estimate of drug-likeness (QED) is 0.701. The van der Waals surface area contributed by atoms with Crippen molar-refractivity contribution < 1.29 is 0 Å². The lowest BCUT2D eigenvalue weighted by Crippen LogP contribution is -2.12. The SMILES string of the molecule is CN(C)c1ccc(Br)cc1NCc1ccc(Cl)c(Br)c1. The predicted octanol–water partition coefficient (Wildman–Crippen LogP) is 5.54. The van der Waals surface area contributed by atoms with Crippen molar-refractivity contribution in [2.24, 2.45) is 0 Å².